The van der Waals surface area contributed by atoms with E-state index in [4.69, 9.17) is 9.15 Å². The first-order valence-electron chi connectivity index (χ1n) is 8.28. The summed E-state index contributed by atoms with van der Waals surface area (Å²) in [6.45, 7) is 4.10. The smallest absolute Gasteiger partial charge is 0.433 e. The van der Waals surface area contributed by atoms with Crippen molar-refractivity contribution in [2.75, 3.05) is 11.9 Å². The molecule has 0 bridgehead atoms. The van der Waals surface area contributed by atoms with Crippen molar-refractivity contribution in [1.82, 2.24) is 0 Å². The van der Waals surface area contributed by atoms with E-state index in [9.17, 15) is 19.7 Å². The number of nitrogens with one attached hydrogen (secondary N) is 1. The first-order valence-corrected chi connectivity index (χ1v) is 9.09. The van der Waals surface area contributed by atoms with Crippen molar-refractivity contribution in [2.45, 2.75) is 33.1 Å². The molecule has 2 aromatic heterocycles. The van der Waals surface area contributed by atoms with Gasteiger partial charge in [0, 0.05) is 4.88 Å². The lowest BCUT2D eigenvalue weighted by Crippen LogP contribution is -2.16. The van der Waals surface area contributed by atoms with Crippen LogP contribution in [0, 0.1) is 16.0 Å². The van der Waals surface area contributed by atoms with Crippen LogP contribution in [0.1, 0.15) is 51.6 Å². The molecular weight excluding hydrogens is 360 g/mol. The van der Waals surface area contributed by atoms with Crippen molar-refractivity contribution in [2.24, 2.45) is 5.92 Å². The van der Waals surface area contributed by atoms with Gasteiger partial charge in [0.1, 0.15) is 9.92 Å². The summed E-state index contributed by atoms with van der Waals surface area (Å²) < 4.78 is 10.1. The Morgan fingerprint density at radius 2 is 2.23 bits per heavy atom. The number of anilines is 1. The number of nitrogens with zero attached hydrogens (tertiary/aromatic N) is 1. The third-order valence-corrected chi connectivity index (χ3v) is 5.38. The van der Waals surface area contributed by atoms with Crippen LogP contribution in [0.15, 0.2) is 16.5 Å². The molecule has 1 aliphatic carbocycles. The molecule has 2 heterocycles. The molecule has 138 valence electrons. The van der Waals surface area contributed by atoms with E-state index in [-0.39, 0.29) is 12.4 Å². The Balaban J connectivity index is 1.91. The van der Waals surface area contributed by atoms with E-state index in [2.05, 4.69) is 12.2 Å². The number of carbonyl (C=O) groups is 2. The summed E-state index contributed by atoms with van der Waals surface area (Å²) in [4.78, 5) is 35.8. The summed E-state index contributed by atoms with van der Waals surface area (Å²) in [5, 5.41) is 13.7. The van der Waals surface area contributed by atoms with Gasteiger partial charge >= 0.3 is 11.9 Å². The zero-order chi connectivity index (χ0) is 18.8. The van der Waals surface area contributed by atoms with Crippen molar-refractivity contribution >= 4 is 34.1 Å². The predicted molar refractivity (Wildman–Crippen MR) is 94.8 cm³/mol. The van der Waals surface area contributed by atoms with Gasteiger partial charge in [0.05, 0.1) is 18.2 Å². The molecule has 0 saturated heterocycles. The summed E-state index contributed by atoms with van der Waals surface area (Å²) in [6, 6.07) is 2.34. The van der Waals surface area contributed by atoms with Crippen LogP contribution in [-0.2, 0) is 17.6 Å². The van der Waals surface area contributed by atoms with Gasteiger partial charge in [0.15, 0.2) is 5.76 Å². The van der Waals surface area contributed by atoms with Gasteiger partial charge in [-0.1, -0.05) is 6.92 Å². The minimum absolute atomic E-state index is 0.189. The molecule has 26 heavy (non-hydrogen) atoms. The standard InChI is InChI=1S/C17H18N2O6S/c1-3-24-17(21)14-10-5-4-9(2)8-12(10)26-16(14)18-15(20)11-6-7-13(25-11)19(22)23/h6-7,9H,3-5,8H2,1-2H3,(H,18,20)/t9-/m0/s1. The lowest BCUT2D eigenvalue weighted by atomic mass is 9.88. The van der Waals surface area contributed by atoms with Crippen LogP contribution in [0.2, 0.25) is 0 Å². The quantitative estimate of drug-likeness (QED) is 0.481. The van der Waals surface area contributed by atoms with Crippen LogP contribution in [0.4, 0.5) is 10.9 Å². The average molecular weight is 378 g/mol. The van der Waals surface area contributed by atoms with E-state index in [0.717, 1.165) is 35.8 Å². The first kappa shape index (κ1) is 18.1. The van der Waals surface area contributed by atoms with Crippen molar-refractivity contribution in [3.63, 3.8) is 0 Å². The molecule has 1 amide bonds. The van der Waals surface area contributed by atoms with Gasteiger partial charge < -0.3 is 14.5 Å². The number of rotatable bonds is 5. The van der Waals surface area contributed by atoms with Gasteiger partial charge in [-0.05, 0) is 43.7 Å². The van der Waals surface area contributed by atoms with E-state index in [1.54, 1.807) is 6.92 Å². The minimum Gasteiger partial charge on any atom is -0.462 e. The number of hydrogen-bond donors (Lipinski definition) is 1. The van der Waals surface area contributed by atoms with Crippen molar-refractivity contribution in [3.05, 3.63) is 44.0 Å². The fourth-order valence-corrected chi connectivity index (χ4v) is 4.36. The van der Waals surface area contributed by atoms with Crippen LogP contribution in [-0.4, -0.2) is 23.4 Å². The fourth-order valence-electron chi connectivity index (χ4n) is 2.97. The van der Waals surface area contributed by atoms with E-state index >= 15 is 0 Å². The molecule has 0 radical (unpaired) electrons. The Bertz CT molecular complexity index is 869. The van der Waals surface area contributed by atoms with Crippen LogP contribution in [0.5, 0.6) is 0 Å². The predicted octanol–water partition coefficient (Wildman–Crippen LogP) is 3.80. The van der Waals surface area contributed by atoms with Crippen molar-refractivity contribution < 1.29 is 23.7 Å². The molecule has 1 atom stereocenters. The second-order valence-corrected chi connectivity index (χ2v) is 7.23. The Labute approximate surface area is 153 Å². The molecule has 2 aromatic rings. The molecule has 8 nitrogen and oxygen atoms in total. The maximum absolute atomic E-state index is 12.4. The minimum atomic E-state index is -0.716. The zero-order valence-corrected chi connectivity index (χ0v) is 15.2. The number of furan rings is 1. The van der Waals surface area contributed by atoms with Gasteiger partial charge in [0.2, 0.25) is 0 Å². The van der Waals surface area contributed by atoms with Gasteiger partial charge in [-0.15, -0.1) is 11.3 Å². The number of thiophene rings is 1. The number of nitro groups is 1. The van der Waals surface area contributed by atoms with Crippen LogP contribution >= 0.6 is 11.3 Å². The number of amides is 1. The topological polar surface area (TPSA) is 112 Å². The zero-order valence-electron chi connectivity index (χ0n) is 14.4. The molecule has 9 heteroatoms. The molecule has 0 saturated carbocycles. The fraction of sp³-hybridized carbons (Fsp3) is 0.412. The number of fused-ring (bicyclic) bond motifs is 1. The van der Waals surface area contributed by atoms with Crippen molar-refractivity contribution in [3.8, 4) is 0 Å². The highest BCUT2D eigenvalue weighted by atomic mass is 32.1. The molecule has 1 aliphatic rings. The Kier molecular flexibility index (Phi) is 5.08. The lowest BCUT2D eigenvalue weighted by Gasteiger charge is -2.18. The molecule has 0 fully saturated rings. The highest BCUT2D eigenvalue weighted by Gasteiger charge is 2.30. The highest BCUT2D eigenvalue weighted by Crippen LogP contribution is 2.40. The Hall–Kier alpha value is -2.68. The second kappa shape index (κ2) is 7.28. The highest BCUT2D eigenvalue weighted by molar-refractivity contribution is 7.17. The van der Waals surface area contributed by atoms with Crippen LogP contribution in [0.3, 0.4) is 0 Å². The Morgan fingerprint density at radius 1 is 1.46 bits per heavy atom. The van der Waals surface area contributed by atoms with Crippen LogP contribution in [0.25, 0.3) is 0 Å². The first-order chi connectivity index (χ1) is 12.4. The van der Waals surface area contributed by atoms with E-state index in [1.807, 2.05) is 0 Å². The van der Waals surface area contributed by atoms with Gasteiger partial charge in [-0.3, -0.25) is 14.9 Å². The average Bonchev–Trinajstić information content (AvgIpc) is 3.19. The van der Waals surface area contributed by atoms with E-state index < -0.39 is 22.7 Å². The van der Waals surface area contributed by atoms with Crippen LogP contribution < -0.4 is 5.32 Å². The number of ether oxygens (including phenoxy) is 1. The monoisotopic (exact) mass is 378 g/mol. The maximum Gasteiger partial charge on any atom is 0.433 e. The third-order valence-electron chi connectivity index (χ3n) is 4.21. The molecular formula is C17H18N2O6S. The number of carbonyl (C=O) groups excluding carboxylic acids is 2. The summed E-state index contributed by atoms with van der Waals surface area (Å²) in [5.41, 5.74) is 1.31. The SMILES string of the molecule is CCOC(=O)c1c(NC(=O)c2ccc([N+](=O)[O-])o2)sc2c1CC[C@H](C)C2. The normalized spacial score (nSPS) is 16.0. The molecule has 0 unspecified atom stereocenters. The second-order valence-electron chi connectivity index (χ2n) is 6.13. The largest absolute Gasteiger partial charge is 0.462 e. The summed E-state index contributed by atoms with van der Waals surface area (Å²) in [5.74, 6) is -1.31. The van der Waals surface area contributed by atoms with E-state index in [0.29, 0.717) is 16.5 Å². The molecule has 0 aromatic carbocycles. The lowest BCUT2D eigenvalue weighted by molar-refractivity contribution is -0.402. The summed E-state index contributed by atoms with van der Waals surface area (Å²) >= 11 is 1.35. The van der Waals surface area contributed by atoms with E-state index in [1.165, 1.54) is 17.4 Å². The van der Waals surface area contributed by atoms with Crippen molar-refractivity contribution in [1.29, 1.82) is 0 Å². The van der Waals surface area contributed by atoms with Gasteiger partial charge in [0.25, 0.3) is 5.91 Å². The Morgan fingerprint density at radius 3 is 2.88 bits per heavy atom. The molecule has 1 N–H and O–H groups in total. The molecule has 3 rings (SSSR count). The summed E-state index contributed by atoms with van der Waals surface area (Å²) in [6.07, 6.45) is 2.56. The summed E-state index contributed by atoms with van der Waals surface area (Å²) in [7, 11) is 0. The van der Waals surface area contributed by atoms with Gasteiger partial charge in [-0.25, -0.2) is 4.79 Å². The van der Waals surface area contributed by atoms with Gasteiger partial charge in [-0.2, -0.15) is 0 Å². The molecule has 0 spiro atoms. The third kappa shape index (κ3) is 3.48. The number of hydrogen-bond acceptors (Lipinski definition) is 7. The molecule has 0 aliphatic heterocycles. The maximum atomic E-state index is 12.4. The number of esters is 1.